The second-order valence-electron chi connectivity index (χ2n) is 8.59. The molecule has 3 aromatic carbocycles. The average molecular weight is 505 g/mol. The van der Waals surface area contributed by atoms with Gasteiger partial charge in [-0.1, -0.05) is 0 Å². The van der Waals surface area contributed by atoms with Crippen molar-refractivity contribution in [2.75, 3.05) is 17.7 Å². The number of carbonyl (C=O) groups excluding carboxylic acids is 2. The molecular weight excluding hydrogens is 484 g/mol. The summed E-state index contributed by atoms with van der Waals surface area (Å²) in [6.07, 6.45) is 2.15. The number of carbonyl (C=O) groups is 2. The molecule has 5 rings (SSSR count). The molecule has 10 heteroatoms. The van der Waals surface area contributed by atoms with Crippen LogP contribution < -0.4 is 20.1 Å². The van der Waals surface area contributed by atoms with E-state index < -0.39 is 28.9 Å². The number of halogens is 2. The lowest BCUT2D eigenvalue weighted by molar-refractivity contribution is -0.131. The Morgan fingerprint density at radius 1 is 0.892 bits per heavy atom. The number of ether oxygens (including phenoxy) is 2. The Bertz CT molecular complexity index is 1520. The quantitative estimate of drug-likeness (QED) is 0.291. The van der Waals surface area contributed by atoms with E-state index in [1.165, 1.54) is 67.9 Å². The number of anilines is 2. The second kappa shape index (κ2) is 9.38. The molecule has 188 valence electrons. The predicted molar refractivity (Wildman–Crippen MR) is 132 cm³/mol. The zero-order valence-electron chi connectivity index (χ0n) is 19.5. The SMILES string of the molecule is COc1cc2nccc(Oc3ccc(NC(=O)C4(C(=O)Nc5ccc(F)cc5)CC4)cc3F)c2cc1O. The van der Waals surface area contributed by atoms with Crippen molar-refractivity contribution in [3.63, 3.8) is 0 Å². The molecular formula is C27H21F2N3O5. The molecule has 1 aromatic heterocycles. The molecule has 1 fully saturated rings. The Hall–Kier alpha value is -4.73. The zero-order valence-corrected chi connectivity index (χ0v) is 19.5. The third kappa shape index (κ3) is 4.73. The summed E-state index contributed by atoms with van der Waals surface area (Å²) >= 11 is 0. The number of hydrogen-bond acceptors (Lipinski definition) is 6. The fourth-order valence-corrected chi connectivity index (χ4v) is 3.89. The molecule has 0 spiro atoms. The van der Waals surface area contributed by atoms with Crippen LogP contribution in [0.4, 0.5) is 20.2 Å². The summed E-state index contributed by atoms with van der Waals surface area (Å²) in [4.78, 5) is 29.8. The first-order chi connectivity index (χ1) is 17.8. The van der Waals surface area contributed by atoms with Gasteiger partial charge in [-0.15, -0.1) is 0 Å². The van der Waals surface area contributed by atoms with Gasteiger partial charge in [0, 0.05) is 35.1 Å². The minimum absolute atomic E-state index is 0.115. The van der Waals surface area contributed by atoms with E-state index in [4.69, 9.17) is 9.47 Å². The molecule has 1 heterocycles. The van der Waals surface area contributed by atoms with Gasteiger partial charge < -0.3 is 25.2 Å². The Morgan fingerprint density at radius 2 is 1.57 bits per heavy atom. The molecule has 0 saturated heterocycles. The van der Waals surface area contributed by atoms with Gasteiger partial charge in [0.25, 0.3) is 0 Å². The zero-order chi connectivity index (χ0) is 26.2. The first kappa shape index (κ1) is 24.0. The van der Waals surface area contributed by atoms with E-state index in [0.29, 0.717) is 29.4 Å². The van der Waals surface area contributed by atoms with E-state index in [-0.39, 0.29) is 28.7 Å². The van der Waals surface area contributed by atoms with Crippen LogP contribution >= 0.6 is 0 Å². The van der Waals surface area contributed by atoms with Crippen molar-refractivity contribution < 1.29 is 33.0 Å². The molecule has 0 atom stereocenters. The summed E-state index contributed by atoms with van der Waals surface area (Å²) < 4.78 is 38.8. The van der Waals surface area contributed by atoms with Crippen LogP contribution in [-0.2, 0) is 9.59 Å². The number of pyridine rings is 1. The molecule has 8 nitrogen and oxygen atoms in total. The van der Waals surface area contributed by atoms with Crippen molar-refractivity contribution in [3.05, 3.63) is 78.5 Å². The molecule has 1 aliphatic carbocycles. The molecule has 0 unspecified atom stereocenters. The Kier molecular flexibility index (Phi) is 6.08. The molecule has 4 aromatic rings. The number of aromatic nitrogens is 1. The van der Waals surface area contributed by atoms with Crippen LogP contribution in [0.25, 0.3) is 10.9 Å². The number of benzene rings is 3. The van der Waals surface area contributed by atoms with Gasteiger partial charge in [-0.2, -0.15) is 0 Å². The first-order valence-corrected chi connectivity index (χ1v) is 11.3. The topological polar surface area (TPSA) is 110 Å². The monoisotopic (exact) mass is 505 g/mol. The van der Waals surface area contributed by atoms with Crippen LogP contribution in [0.5, 0.6) is 23.0 Å². The van der Waals surface area contributed by atoms with Gasteiger partial charge in [0.05, 0.1) is 12.6 Å². The molecule has 1 aliphatic rings. The van der Waals surface area contributed by atoms with Crippen LogP contribution in [0.1, 0.15) is 12.8 Å². The van der Waals surface area contributed by atoms with Crippen LogP contribution in [-0.4, -0.2) is 29.0 Å². The number of rotatable bonds is 7. The van der Waals surface area contributed by atoms with Crippen LogP contribution in [0.3, 0.4) is 0 Å². The summed E-state index contributed by atoms with van der Waals surface area (Å²) in [5.41, 5.74) is -0.282. The minimum Gasteiger partial charge on any atom is -0.504 e. The lowest BCUT2D eigenvalue weighted by Gasteiger charge is -2.16. The van der Waals surface area contributed by atoms with E-state index in [1.807, 2.05) is 0 Å². The van der Waals surface area contributed by atoms with Gasteiger partial charge in [-0.25, -0.2) is 8.78 Å². The summed E-state index contributed by atoms with van der Waals surface area (Å²) in [6.45, 7) is 0. The fourth-order valence-electron chi connectivity index (χ4n) is 3.89. The van der Waals surface area contributed by atoms with Gasteiger partial charge in [0.2, 0.25) is 11.8 Å². The normalized spacial score (nSPS) is 13.6. The lowest BCUT2D eigenvalue weighted by Crippen LogP contribution is -2.35. The van der Waals surface area contributed by atoms with Crippen molar-refractivity contribution in [2.45, 2.75) is 12.8 Å². The summed E-state index contributed by atoms with van der Waals surface area (Å²) in [6, 6.07) is 13.6. The number of nitrogens with one attached hydrogen (secondary N) is 2. The third-order valence-electron chi connectivity index (χ3n) is 6.13. The lowest BCUT2D eigenvalue weighted by atomic mass is 10.0. The standard InChI is InChI=1S/C27H21F2N3O5/c1-36-24-14-20-18(13-21(24)33)22(8-11-30-20)37-23-7-6-17(12-19(23)29)32-26(35)27(9-10-27)25(34)31-16-4-2-15(28)3-5-16/h2-8,11-14,33H,9-10H2,1H3,(H,31,34)(H,32,35). The second-order valence-corrected chi connectivity index (χ2v) is 8.59. The summed E-state index contributed by atoms with van der Waals surface area (Å²) in [7, 11) is 1.42. The van der Waals surface area contributed by atoms with Gasteiger partial charge in [-0.3, -0.25) is 14.6 Å². The number of phenolic OH excluding ortho intramolecular Hbond substituents is 1. The first-order valence-electron chi connectivity index (χ1n) is 11.3. The maximum absolute atomic E-state index is 14.9. The maximum Gasteiger partial charge on any atom is 0.240 e. The van der Waals surface area contributed by atoms with Crippen molar-refractivity contribution in [3.8, 4) is 23.0 Å². The number of nitrogens with zero attached hydrogens (tertiary/aromatic N) is 1. The molecule has 0 aliphatic heterocycles. The number of fused-ring (bicyclic) bond motifs is 1. The largest absolute Gasteiger partial charge is 0.504 e. The van der Waals surface area contributed by atoms with Gasteiger partial charge in [0.15, 0.2) is 23.1 Å². The number of aromatic hydroxyl groups is 1. The van der Waals surface area contributed by atoms with Crippen molar-refractivity contribution in [2.24, 2.45) is 5.41 Å². The minimum atomic E-state index is -1.28. The van der Waals surface area contributed by atoms with Gasteiger partial charge in [0.1, 0.15) is 17.0 Å². The average Bonchev–Trinajstić information content (AvgIpc) is 3.69. The third-order valence-corrected chi connectivity index (χ3v) is 6.13. The van der Waals surface area contributed by atoms with E-state index >= 15 is 0 Å². The Balaban J connectivity index is 1.30. The molecule has 1 saturated carbocycles. The predicted octanol–water partition coefficient (Wildman–Crippen LogP) is 5.38. The van der Waals surface area contributed by atoms with Gasteiger partial charge in [-0.05, 0) is 61.4 Å². The number of phenols is 1. The van der Waals surface area contributed by atoms with Crippen molar-refractivity contribution in [1.29, 1.82) is 0 Å². The van der Waals surface area contributed by atoms with E-state index in [9.17, 15) is 23.5 Å². The highest BCUT2D eigenvalue weighted by atomic mass is 19.1. The van der Waals surface area contributed by atoms with Crippen molar-refractivity contribution >= 4 is 34.1 Å². The highest BCUT2D eigenvalue weighted by Crippen LogP contribution is 2.47. The van der Waals surface area contributed by atoms with E-state index in [1.54, 1.807) is 0 Å². The highest BCUT2D eigenvalue weighted by molar-refractivity contribution is 6.16. The van der Waals surface area contributed by atoms with Crippen LogP contribution in [0.2, 0.25) is 0 Å². The molecule has 0 radical (unpaired) electrons. The number of hydrogen-bond donors (Lipinski definition) is 3. The summed E-state index contributed by atoms with van der Waals surface area (Å²) in [5.74, 6) is -2.01. The van der Waals surface area contributed by atoms with Gasteiger partial charge >= 0.3 is 0 Å². The Morgan fingerprint density at radius 3 is 2.22 bits per heavy atom. The molecule has 2 amide bonds. The van der Waals surface area contributed by atoms with E-state index in [0.717, 1.165) is 6.07 Å². The molecule has 3 N–H and O–H groups in total. The molecule has 37 heavy (non-hydrogen) atoms. The van der Waals surface area contributed by atoms with E-state index in [2.05, 4.69) is 15.6 Å². The highest BCUT2D eigenvalue weighted by Gasteiger charge is 2.56. The fraction of sp³-hybridized carbons (Fsp3) is 0.148. The molecule has 0 bridgehead atoms. The number of amides is 2. The summed E-state index contributed by atoms with van der Waals surface area (Å²) in [5, 5.41) is 15.8. The Labute approximate surface area is 209 Å². The smallest absolute Gasteiger partial charge is 0.240 e. The van der Waals surface area contributed by atoms with Crippen molar-refractivity contribution in [1.82, 2.24) is 4.98 Å². The van der Waals surface area contributed by atoms with Crippen LogP contribution in [0, 0.1) is 17.0 Å². The number of methoxy groups -OCH3 is 1. The van der Waals surface area contributed by atoms with Crippen LogP contribution in [0.15, 0.2) is 66.9 Å². The maximum atomic E-state index is 14.9.